The molecule has 180 valence electrons. The molecule has 0 amide bonds. The number of hydrogen-bond acceptors (Lipinski definition) is 6. The number of nitrogens with zero attached hydrogens (tertiary/aromatic N) is 2. The Morgan fingerprint density at radius 3 is 1.74 bits per heavy atom. The van der Waals surface area contributed by atoms with Crippen LogP contribution < -0.4 is 4.78 Å². The molecule has 4 rings (SSSR count). The van der Waals surface area contributed by atoms with Gasteiger partial charge in [0.15, 0.2) is 0 Å². The Balaban J connectivity index is 0.000000190. The number of halogens is 7. The molecule has 0 radical (unpaired) electrons. The first-order chi connectivity index (χ1) is 15.9. The van der Waals surface area contributed by atoms with E-state index in [4.69, 9.17) is 21.6 Å². The van der Waals surface area contributed by atoms with E-state index in [1.54, 1.807) is 35.0 Å². The highest BCUT2D eigenvalue weighted by Gasteiger charge is 2.31. The van der Waals surface area contributed by atoms with E-state index in [9.17, 15) is 26.3 Å². The van der Waals surface area contributed by atoms with Gasteiger partial charge >= 0.3 is 19.5 Å². The maximum absolute atomic E-state index is 12.4. The molecule has 4 aromatic heterocycles. The number of pyridine rings is 2. The highest BCUT2D eigenvalue weighted by atomic mass is 35.5. The van der Waals surface area contributed by atoms with Crippen LogP contribution in [0.5, 0.6) is 0 Å². The summed E-state index contributed by atoms with van der Waals surface area (Å²) in [6.45, 7) is 0. The molecule has 0 atom stereocenters. The third-order valence-corrected chi connectivity index (χ3v) is 5.72. The van der Waals surface area contributed by atoms with Crippen LogP contribution in [-0.4, -0.2) is 27.1 Å². The van der Waals surface area contributed by atoms with Crippen LogP contribution in [0.3, 0.4) is 0 Å². The standard InChI is InChI=1S/C10H6F3NS.C6H3ClF3N.C4H5BO2S/c11-10(12,13)7-3-4-14-8(6-7)9-2-1-5-15-9;7-5-3-4(1-2-11-5)6(8,9)10;6-5(7)4-2-1-3-8-4/h1-6H;1-3H;1-3,6-7H. The van der Waals surface area contributed by atoms with Crippen molar-refractivity contribution >= 4 is 46.2 Å². The van der Waals surface area contributed by atoms with Crippen molar-refractivity contribution in [3.05, 3.63) is 88.0 Å². The van der Waals surface area contributed by atoms with E-state index in [2.05, 4.69) is 9.97 Å². The molecule has 34 heavy (non-hydrogen) atoms. The van der Waals surface area contributed by atoms with Crippen LogP contribution in [0.1, 0.15) is 11.1 Å². The van der Waals surface area contributed by atoms with Gasteiger partial charge in [0.2, 0.25) is 0 Å². The fourth-order valence-electron chi connectivity index (χ4n) is 2.18. The van der Waals surface area contributed by atoms with Crippen molar-refractivity contribution in [2.75, 3.05) is 0 Å². The van der Waals surface area contributed by atoms with Crippen molar-refractivity contribution in [1.29, 1.82) is 0 Å². The van der Waals surface area contributed by atoms with Gasteiger partial charge in [-0.15, -0.1) is 11.3 Å². The molecular weight excluding hydrogens is 525 g/mol. The van der Waals surface area contributed by atoms with Crippen molar-refractivity contribution in [1.82, 2.24) is 9.97 Å². The number of rotatable bonds is 2. The van der Waals surface area contributed by atoms with Crippen LogP contribution in [0.15, 0.2) is 71.7 Å². The molecule has 0 spiro atoms. The second kappa shape index (κ2) is 12.3. The van der Waals surface area contributed by atoms with Gasteiger partial charge in [-0.1, -0.05) is 29.8 Å². The largest absolute Gasteiger partial charge is 0.499 e. The van der Waals surface area contributed by atoms with Crippen LogP contribution in [0, 0.1) is 0 Å². The van der Waals surface area contributed by atoms with E-state index in [1.165, 1.54) is 28.9 Å². The van der Waals surface area contributed by atoms with Gasteiger partial charge in [0.25, 0.3) is 0 Å². The Kier molecular flexibility index (Phi) is 10.1. The summed E-state index contributed by atoms with van der Waals surface area (Å²) < 4.78 is 73.4. The predicted octanol–water partition coefficient (Wildman–Crippen LogP) is 6.01. The normalized spacial score (nSPS) is 11.1. The Labute approximate surface area is 203 Å². The van der Waals surface area contributed by atoms with Gasteiger partial charge in [-0.05, 0) is 41.1 Å². The van der Waals surface area contributed by atoms with Crippen LogP contribution in [-0.2, 0) is 12.4 Å². The van der Waals surface area contributed by atoms with E-state index in [0.29, 0.717) is 10.5 Å². The summed E-state index contributed by atoms with van der Waals surface area (Å²) in [5, 5.41) is 20.4. The van der Waals surface area contributed by atoms with Gasteiger partial charge in [0.1, 0.15) is 5.15 Å². The number of alkyl halides is 6. The molecule has 4 heterocycles. The summed E-state index contributed by atoms with van der Waals surface area (Å²) in [4.78, 5) is 8.06. The molecule has 0 aliphatic heterocycles. The quantitative estimate of drug-likeness (QED) is 0.186. The smallest absolute Gasteiger partial charge is 0.423 e. The SMILES string of the molecule is FC(F)(F)c1ccnc(-c2cccs2)c1.FC(F)(F)c1ccnc(Cl)c1.OB(O)c1cccs1. The summed E-state index contributed by atoms with van der Waals surface area (Å²) in [5.41, 5.74) is -1.08. The van der Waals surface area contributed by atoms with Crippen molar-refractivity contribution in [3.8, 4) is 10.6 Å². The van der Waals surface area contributed by atoms with Gasteiger partial charge in [-0.3, -0.25) is 4.98 Å². The first-order valence-corrected chi connectivity index (χ1v) is 11.2. The zero-order valence-corrected chi connectivity index (χ0v) is 19.1. The van der Waals surface area contributed by atoms with Crippen LogP contribution >= 0.6 is 34.3 Å². The molecule has 2 N–H and O–H groups in total. The summed E-state index contributed by atoms with van der Waals surface area (Å²) in [7, 11) is -1.30. The second-order valence-corrected chi connectivity index (χ2v) is 8.47. The average molecular weight is 539 g/mol. The summed E-state index contributed by atoms with van der Waals surface area (Å²) in [5.74, 6) is 0. The fraction of sp³-hybridized carbons (Fsp3) is 0.100. The predicted molar refractivity (Wildman–Crippen MR) is 121 cm³/mol. The Morgan fingerprint density at radius 1 is 0.765 bits per heavy atom. The molecular formula is C20H14BClF6N2O2S2. The minimum atomic E-state index is -4.34. The van der Waals surface area contributed by atoms with Crippen molar-refractivity contribution in [3.63, 3.8) is 0 Å². The van der Waals surface area contributed by atoms with Crippen LogP contribution in [0.2, 0.25) is 5.15 Å². The Bertz CT molecular complexity index is 1140. The summed E-state index contributed by atoms with van der Waals surface area (Å²) in [6, 6.07) is 10.7. The van der Waals surface area contributed by atoms with E-state index >= 15 is 0 Å². The number of hydrogen-bond donors (Lipinski definition) is 2. The van der Waals surface area contributed by atoms with Crippen molar-refractivity contribution in [2.24, 2.45) is 0 Å². The van der Waals surface area contributed by atoms with Gasteiger partial charge in [-0.2, -0.15) is 37.7 Å². The highest BCUT2D eigenvalue weighted by Crippen LogP contribution is 2.32. The number of aromatic nitrogens is 2. The van der Waals surface area contributed by atoms with Gasteiger partial charge in [-0.25, -0.2) is 4.98 Å². The molecule has 4 nitrogen and oxygen atoms in total. The third kappa shape index (κ3) is 9.07. The molecule has 0 saturated heterocycles. The fourth-order valence-corrected chi connectivity index (χ4v) is 3.64. The molecule has 0 unspecified atom stereocenters. The lowest BCUT2D eigenvalue weighted by Crippen LogP contribution is -2.26. The third-order valence-electron chi connectivity index (χ3n) is 3.71. The Hall–Kier alpha value is -2.45. The molecule has 0 aliphatic carbocycles. The van der Waals surface area contributed by atoms with Gasteiger partial charge in [0.05, 0.1) is 21.7 Å². The van der Waals surface area contributed by atoms with Crippen LogP contribution in [0.25, 0.3) is 10.6 Å². The van der Waals surface area contributed by atoms with E-state index in [1.807, 2.05) is 0 Å². The maximum atomic E-state index is 12.4. The zero-order valence-electron chi connectivity index (χ0n) is 16.8. The minimum Gasteiger partial charge on any atom is -0.423 e. The van der Waals surface area contributed by atoms with Gasteiger partial charge < -0.3 is 10.0 Å². The number of thiophene rings is 2. The molecule has 0 aromatic carbocycles. The highest BCUT2D eigenvalue weighted by molar-refractivity contribution is 7.20. The summed E-state index contributed by atoms with van der Waals surface area (Å²) >= 11 is 7.94. The molecule has 0 bridgehead atoms. The maximum Gasteiger partial charge on any atom is 0.499 e. The van der Waals surface area contributed by atoms with Crippen LogP contribution in [0.4, 0.5) is 26.3 Å². The first-order valence-electron chi connectivity index (χ1n) is 9.03. The van der Waals surface area contributed by atoms with Gasteiger partial charge in [0, 0.05) is 17.2 Å². The van der Waals surface area contributed by atoms with E-state index < -0.39 is 30.6 Å². The Morgan fingerprint density at radius 2 is 1.32 bits per heavy atom. The molecule has 0 fully saturated rings. The second-order valence-electron chi connectivity index (χ2n) is 6.16. The molecule has 0 saturated carbocycles. The molecule has 0 aliphatic rings. The molecule has 14 heteroatoms. The average Bonchev–Trinajstić information content (AvgIpc) is 3.48. The van der Waals surface area contributed by atoms with E-state index in [0.717, 1.165) is 35.3 Å². The summed E-state index contributed by atoms with van der Waals surface area (Å²) in [6.07, 6.45) is -6.45. The zero-order chi connectivity index (χ0) is 25.4. The van der Waals surface area contributed by atoms with Crippen molar-refractivity contribution in [2.45, 2.75) is 12.4 Å². The monoisotopic (exact) mass is 538 g/mol. The lowest BCUT2D eigenvalue weighted by molar-refractivity contribution is -0.138. The lowest BCUT2D eigenvalue weighted by atomic mass is 9.90. The van der Waals surface area contributed by atoms with E-state index in [-0.39, 0.29) is 5.15 Å². The topological polar surface area (TPSA) is 66.2 Å². The minimum absolute atomic E-state index is 0.153. The lowest BCUT2D eigenvalue weighted by Gasteiger charge is -2.06. The molecule has 4 aromatic rings. The first kappa shape index (κ1) is 27.8. The van der Waals surface area contributed by atoms with Crippen molar-refractivity contribution < 1.29 is 36.4 Å².